The molecule has 1 unspecified atom stereocenters. The Morgan fingerprint density at radius 1 is 1.60 bits per heavy atom. The average Bonchev–Trinajstić information content (AvgIpc) is 1.99. The van der Waals surface area contributed by atoms with Crippen molar-refractivity contribution in [2.45, 2.75) is 32.7 Å². The summed E-state index contributed by atoms with van der Waals surface area (Å²) in [5, 5.41) is 2.56. The molecule has 1 N–H and O–H groups in total. The van der Waals surface area contributed by atoms with Crippen LogP contribution in [0.2, 0.25) is 0 Å². The molecule has 0 aliphatic rings. The van der Waals surface area contributed by atoms with Crippen molar-refractivity contribution >= 4 is 12.2 Å². The van der Waals surface area contributed by atoms with Gasteiger partial charge in [-0.05, 0) is 6.42 Å². The minimum atomic E-state index is -0.299. The number of hydrogen-bond acceptors (Lipinski definition) is 2. The van der Waals surface area contributed by atoms with Crippen LogP contribution in [-0.2, 0) is 9.59 Å². The van der Waals surface area contributed by atoms with Gasteiger partial charge in [0.15, 0.2) is 0 Å². The van der Waals surface area contributed by atoms with Crippen molar-refractivity contribution in [3.8, 4) is 0 Å². The molecule has 0 aliphatic carbocycles. The number of carbonyl (C=O) groups is 2. The third-order valence-electron chi connectivity index (χ3n) is 1.27. The fraction of sp³-hybridized carbons (Fsp3) is 0.714. The molecule has 0 spiro atoms. The van der Waals surface area contributed by atoms with Crippen LogP contribution in [-0.4, -0.2) is 18.2 Å². The van der Waals surface area contributed by atoms with Gasteiger partial charge in [0.05, 0.1) is 6.04 Å². The molecule has 3 heteroatoms. The second-order valence-corrected chi connectivity index (χ2v) is 2.07. The fourth-order valence-corrected chi connectivity index (χ4v) is 0.541. The number of aldehydes is 1. The van der Waals surface area contributed by atoms with Gasteiger partial charge in [-0.2, -0.15) is 0 Å². The Bertz CT molecular complexity index is 123. The third-order valence-corrected chi connectivity index (χ3v) is 1.27. The molecule has 0 rings (SSSR count). The van der Waals surface area contributed by atoms with E-state index < -0.39 is 0 Å². The summed E-state index contributed by atoms with van der Waals surface area (Å²) in [7, 11) is 0. The van der Waals surface area contributed by atoms with Crippen molar-refractivity contribution in [1.82, 2.24) is 5.32 Å². The van der Waals surface area contributed by atoms with Crippen molar-refractivity contribution in [3.63, 3.8) is 0 Å². The van der Waals surface area contributed by atoms with Gasteiger partial charge in [0.25, 0.3) is 0 Å². The van der Waals surface area contributed by atoms with Crippen molar-refractivity contribution in [2.24, 2.45) is 0 Å². The Morgan fingerprint density at radius 2 is 2.20 bits per heavy atom. The SMILES string of the molecule is CCC(=O)NC(C=O)CC. The summed E-state index contributed by atoms with van der Waals surface area (Å²) in [6.07, 6.45) is 1.85. The normalized spacial score (nSPS) is 12.2. The second-order valence-electron chi connectivity index (χ2n) is 2.07. The van der Waals surface area contributed by atoms with Gasteiger partial charge in [-0.15, -0.1) is 0 Å². The van der Waals surface area contributed by atoms with Crippen LogP contribution in [0, 0.1) is 0 Å². The Morgan fingerprint density at radius 3 is 2.50 bits per heavy atom. The Hall–Kier alpha value is -0.860. The molecule has 0 aromatic rings. The van der Waals surface area contributed by atoms with E-state index in [0.717, 1.165) is 6.29 Å². The molecule has 0 aliphatic heterocycles. The van der Waals surface area contributed by atoms with Gasteiger partial charge in [-0.25, -0.2) is 0 Å². The Kier molecular flexibility index (Phi) is 4.54. The summed E-state index contributed by atoms with van der Waals surface area (Å²) < 4.78 is 0. The van der Waals surface area contributed by atoms with Crippen LogP contribution in [0.1, 0.15) is 26.7 Å². The lowest BCUT2D eigenvalue weighted by Crippen LogP contribution is -2.34. The largest absolute Gasteiger partial charge is 0.347 e. The average molecular weight is 143 g/mol. The van der Waals surface area contributed by atoms with E-state index in [1.54, 1.807) is 6.92 Å². The molecule has 10 heavy (non-hydrogen) atoms. The van der Waals surface area contributed by atoms with Crippen LogP contribution >= 0.6 is 0 Å². The predicted molar refractivity (Wildman–Crippen MR) is 38.6 cm³/mol. The van der Waals surface area contributed by atoms with Crippen LogP contribution in [0.4, 0.5) is 0 Å². The first-order chi connectivity index (χ1) is 4.74. The zero-order valence-corrected chi connectivity index (χ0v) is 6.39. The van der Waals surface area contributed by atoms with Gasteiger partial charge in [-0.3, -0.25) is 4.79 Å². The van der Waals surface area contributed by atoms with Gasteiger partial charge >= 0.3 is 0 Å². The molecule has 0 heterocycles. The highest BCUT2D eigenvalue weighted by Crippen LogP contribution is 1.86. The number of rotatable bonds is 4. The molecule has 0 fully saturated rings. The highest BCUT2D eigenvalue weighted by Gasteiger charge is 2.05. The van der Waals surface area contributed by atoms with E-state index in [9.17, 15) is 9.59 Å². The van der Waals surface area contributed by atoms with E-state index >= 15 is 0 Å². The monoisotopic (exact) mass is 143 g/mol. The predicted octanol–water partition coefficient (Wildman–Crippen LogP) is 0.490. The lowest BCUT2D eigenvalue weighted by Gasteiger charge is -2.07. The van der Waals surface area contributed by atoms with E-state index in [4.69, 9.17) is 0 Å². The zero-order chi connectivity index (χ0) is 7.98. The first-order valence-corrected chi connectivity index (χ1v) is 3.49. The smallest absolute Gasteiger partial charge is 0.220 e. The van der Waals surface area contributed by atoms with Gasteiger partial charge < -0.3 is 10.1 Å². The topological polar surface area (TPSA) is 46.2 Å². The molecule has 0 saturated heterocycles. The second kappa shape index (κ2) is 4.97. The van der Waals surface area contributed by atoms with E-state index in [1.807, 2.05) is 6.92 Å². The van der Waals surface area contributed by atoms with Gasteiger partial charge in [-0.1, -0.05) is 13.8 Å². The molecule has 0 aromatic carbocycles. The summed E-state index contributed by atoms with van der Waals surface area (Å²) >= 11 is 0. The third kappa shape index (κ3) is 3.22. The zero-order valence-electron chi connectivity index (χ0n) is 6.39. The van der Waals surface area contributed by atoms with Crippen LogP contribution < -0.4 is 5.32 Å². The first kappa shape index (κ1) is 9.14. The number of carbonyl (C=O) groups excluding carboxylic acids is 2. The summed E-state index contributed by atoms with van der Waals surface area (Å²) in [4.78, 5) is 20.8. The lowest BCUT2D eigenvalue weighted by molar-refractivity contribution is -0.123. The number of hydrogen-bond donors (Lipinski definition) is 1. The van der Waals surface area contributed by atoms with E-state index in [0.29, 0.717) is 12.8 Å². The fourth-order valence-electron chi connectivity index (χ4n) is 0.541. The maximum atomic E-state index is 10.7. The van der Waals surface area contributed by atoms with Crippen LogP contribution in [0.5, 0.6) is 0 Å². The van der Waals surface area contributed by atoms with E-state index in [2.05, 4.69) is 5.32 Å². The van der Waals surface area contributed by atoms with Crippen LogP contribution in [0.15, 0.2) is 0 Å². The molecular weight excluding hydrogens is 130 g/mol. The van der Waals surface area contributed by atoms with Crippen LogP contribution in [0.3, 0.4) is 0 Å². The molecule has 3 nitrogen and oxygen atoms in total. The Labute approximate surface area is 60.8 Å². The summed E-state index contributed by atoms with van der Waals surface area (Å²) in [5.41, 5.74) is 0. The summed E-state index contributed by atoms with van der Waals surface area (Å²) in [6, 6.07) is -0.299. The molecule has 0 saturated carbocycles. The summed E-state index contributed by atoms with van der Waals surface area (Å²) in [5.74, 6) is -0.0704. The minimum absolute atomic E-state index is 0.0704. The maximum absolute atomic E-state index is 10.7. The molecule has 1 amide bonds. The molecule has 0 radical (unpaired) electrons. The van der Waals surface area contributed by atoms with Gasteiger partial charge in [0.1, 0.15) is 6.29 Å². The highest BCUT2D eigenvalue weighted by molar-refractivity contribution is 5.79. The van der Waals surface area contributed by atoms with E-state index in [1.165, 1.54) is 0 Å². The van der Waals surface area contributed by atoms with Gasteiger partial charge in [0, 0.05) is 6.42 Å². The van der Waals surface area contributed by atoms with Crippen molar-refractivity contribution in [3.05, 3.63) is 0 Å². The van der Waals surface area contributed by atoms with Gasteiger partial charge in [0.2, 0.25) is 5.91 Å². The van der Waals surface area contributed by atoms with Crippen molar-refractivity contribution in [1.29, 1.82) is 0 Å². The standard InChI is InChI=1S/C7H13NO2/c1-3-6(5-9)8-7(10)4-2/h5-6H,3-4H2,1-2H3,(H,8,10). The summed E-state index contributed by atoms with van der Waals surface area (Å²) in [6.45, 7) is 3.61. The number of nitrogens with one attached hydrogen (secondary N) is 1. The molecule has 0 aromatic heterocycles. The Balaban J connectivity index is 3.62. The first-order valence-electron chi connectivity index (χ1n) is 3.49. The maximum Gasteiger partial charge on any atom is 0.220 e. The highest BCUT2D eigenvalue weighted by atomic mass is 16.2. The van der Waals surface area contributed by atoms with Crippen molar-refractivity contribution in [2.75, 3.05) is 0 Å². The molecule has 58 valence electrons. The molecule has 1 atom stereocenters. The molecular formula is C7H13NO2. The molecule has 0 bridgehead atoms. The van der Waals surface area contributed by atoms with Crippen LogP contribution in [0.25, 0.3) is 0 Å². The lowest BCUT2D eigenvalue weighted by atomic mass is 10.2. The quantitative estimate of drug-likeness (QED) is 0.582. The minimum Gasteiger partial charge on any atom is -0.347 e. The van der Waals surface area contributed by atoms with E-state index in [-0.39, 0.29) is 11.9 Å². The number of amides is 1. The van der Waals surface area contributed by atoms with Crippen molar-refractivity contribution < 1.29 is 9.59 Å².